The lowest BCUT2D eigenvalue weighted by atomic mass is 9.69. The minimum atomic E-state index is -4.53. The molecular weight excluding hydrogens is 427 g/mol. The van der Waals surface area contributed by atoms with Gasteiger partial charge in [-0.05, 0) is 43.9 Å². The van der Waals surface area contributed by atoms with Gasteiger partial charge < -0.3 is 14.8 Å². The molecule has 6 nitrogen and oxygen atoms in total. The van der Waals surface area contributed by atoms with Crippen molar-refractivity contribution in [1.82, 2.24) is 5.32 Å². The number of ether oxygens (including phenoxy) is 2. The first-order valence-corrected chi connectivity index (χ1v) is 10.2. The number of ketones is 1. The molecule has 9 heteroatoms. The number of hydrogen-bond acceptors (Lipinski definition) is 6. The number of methoxy groups -OCH3 is 1. The minimum Gasteiger partial charge on any atom is -0.468 e. The van der Waals surface area contributed by atoms with Crippen LogP contribution in [-0.2, 0) is 30.0 Å². The summed E-state index contributed by atoms with van der Waals surface area (Å²) in [6.07, 6.45) is -4.19. The zero-order chi connectivity index (χ0) is 23.8. The fraction of sp³-hybridized carbons (Fsp3) is 0.435. The molecule has 1 aromatic carbocycles. The second-order valence-electron chi connectivity index (χ2n) is 7.88. The van der Waals surface area contributed by atoms with Crippen molar-refractivity contribution in [2.45, 2.75) is 39.3 Å². The molecular formula is C23H24F3NO5. The highest BCUT2D eigenvalue weighted by Crippen LogP contribution is 2.45. The fourth-order valence-corrected chi connectivity index (χ4v) is 4.36. The first kappa shape index (κ1) is 23.6. The molecule has 0 saturated carbocycles. The van der Waals surface area contributed by atoms with E-state index in [2.05, 4.69) is 5.32 Å². The van der Waals surface area contributed by atoms with Crippen LogP contribution in [0.15, 0.2) is 46.8 Å². The van der Waals surface area contributed by atoms with Crippen molar-refractivity contribution < 1.29 is 37.0 Å². The molecule has 0 bridgehead atoms. The first-order valence-electron chi connectivity index (χ1n) is 10.2. The molecule has 0 amide bonds. The Morgan fingerprint density at radius 1 is 1.19 bits per heavy atom. The van der Waals surface area contributed by atoms with Gasteiger partial charge in [-0.3, -0.25) is 9.59 Å². The Morgan fingerprint density at radius 2 is 1.81 bits per heavy atom. The van der Waals surface area contributed by atoms with Gasteiger partial charge in [0.2, 0.25) is 0 Å². The van der Waals surface area contributed by atoms with Crippen LogP contribution in [-0.4, -0.2) is 31.4 Å². The monoisotopic (exact) mass is 451 g/mol. The summed E-state index contributed by atoms with van der Waals surface area (Å²) < 4.78 is 49.2. The van der Waals surface area contributed by atoms with Crippen LogP contribution in [0.5, 0.6) is 0 Å². The molecule has 0 unspecified atom stereocenters. The van der Waals surface area contributed by atoms with Gasteiger partial charge in [0.05, 0.1) is 24.9 Å². The second kappa shape index (κ2) is 8.80. The predicted octanol–water partition coefficient (Wildman–Crippen LogP) is 3.88. The van der Waals surface area contributed by atoms with Gasteiger partial charge in [-0.15, -0.1) is 0 Å². The molecule has 172 valence electrons. The highest BCUT2D eigenvalue weighted by atomic mass is 19.4. The van der Waals surface area contributed by atoms with Crippen LogP contribution in [0.4, 0.5) is 13.2 Å². The summed E-state index contributed by atoms with van der Waals surface area (Å²) in [6, 6.07) is 4.30. The summed E-state index contributed by atoms with van der Waals surface area (Å²) in [4.78, 5) is 38.6. The molecule has 2 aliphatic rings. The van der Waals surface area contributed by atoms with Crippen LogP contribution in [0.25, 0.3) is 0 Å². The SMILES string of the molecule is CCOC(=O)C1=C(C)NC2=C(C(=O)[C@H](C(=O)OC)[C@H](C)C2)[C@H]1c1ccc(C(F)(F)F)cc1. The van der Waals surface area contributed by atoms with Gasteiger partial charge in [-0.25, -0.2) is 4.79 Å². The highest BCUT2D eigenvalue weighted by molar-refractivity contribution is 6.12. The Morgan fingerprint density at radius 3 is 2.34 bits per heavy atom. The second-order valence-corrected chi connectivity index (χ2v) is 7.88. The van der Waals surface area contributed by atoms with Gasteiger partial charge in [0, 0.05) is 22.9 Å². The van der Waals surface area contributed by atoms with Gasteiger partial charge in [0.15, 0.2) is 5.78 Å². The maximum absolute atomic E-state index is 13.5. The maximum Gasteiger partial charge on any atom is 0.416 e. The zero-order valence-corrected chi connectivity index (χ0v) is 18.1. The standard InChI is InChI=1S/C23H24F3NO5/c1-5-32-22(30)17-12(3)27-15-10-11(2)16(21(29)31-4)20(28)19(15)18(17)13-6-8-14(9-7-13)23(24,25)26/h6-9,11,16,18,27H,5,10H2,1-4H3/t11-,16-,18+/m1/s1. The quantitative estimate of drug-likeness (QED) is 0.553. The number of allylic oxidation sites excluding steroid dienone is 3. The molecule has 32 heavy (non-hydrogen) atoms. The van der Waals surface area contributed by atoms with E-state index in [4.69, 9.17) is 9.47 Å². The van der Waals surface area contributed by atoms with Crippen molar-refractivity contribution in [3.63, 3.8) is 0 Å². The molecule has 1 aromatic rings. The van der Waals surface area contributed by atoms with Crippen LogP contribution in [0.3, 0.4) is 0 Å². The molecule has 3 atom stereocenters. The van der Waals surface area contributed by atoms with Gasteiger partial charge in [0.1, 0.15) is 5.92 Å². The van der Waals surface area contributed by atoms with E-state index in [1.54, 1.807) is 20.8 Å². The van der Waals surface area contributed by atoms with E-state index in [0.717, 1.165) is 12.1 Å². The first-order chi connectivity index (χ1) is 15.0. The molecule has 1 heterocycles. The number of carbonyl (C=O) groups is 3. The molecule has 0 saturated heterocycles. The van der Waals surface area contributed by atoms with E-state index in [1.807, 2.05) is 0 Å². The average Bonchev–Trinajstić information content (AvgIpc) is 2.72. The van der Waals surface area contributed by atoms with E-state index < -0.39 is 41.3 Å². The lowest BCUT2D eigenvalue weighted by Gasteiger charge is -2.38. The normalized spacial score (nSPS) is 23.5. The Kier molecular flexibility index (Phi) is 6.48. The molecule has 1 aliphatic heterocycles. The molecule has 0 radical (unpaired) electrons. The number of dihydropyridines is 1. The Bertz CT molecular complexity index is 1010. The highest BCUT2D eigenvalue weighted by Gasteiger charge is 2.47. The zero-order valence-electron chi connectivity index (χ0n) is 18.1. The van der Waals surface area contributed by atoms with Crippen LogP contribution < -0.4 is 5.32 Å². The minimum absolute atomic E-state index is 0.0804. The average molecular weight is 451 g/mol. The summed E-state index contributed by atoms with van der Waals surface area (Å²) in [5.41, 5.74) is 0.755. The van der Waals surface area contributed by atoms with Crippen LogP contribution >= 0.6 is 0 Å². The maximum atomic E-state index is 13.5. The van der Waals surface area contributed by atoms with Crippen molar-refractivity contribution in [1.29, 1.82) is 0 Å². The Balaban J connectivity index is 2.18. The summed E-state index contributed by atoms with van der Waals surface area (Å²) in [7, 11) is 1.19. The summed E-state index contributed by atoms with van der Waals surface area (Å²) in [5, 5.41) is 3.09. The van der Waals surface area contributed by atoms with E-state index >= 15 is 0 Å². The number of hydrogen-bond donors (Lipinski definition) is 1. The molecule has 1 aliphatic carbocycles. The number of Topliss-reactive ketones (excluding diaryl/α,β-unsaturated/α-hetero) is 1. The number of carbonyl (C=O) groups excluding carboxylic acids is 3. The number of halogens is 3. The van der Waals surface area contributed by atoms with E-state index in [1.165, 1.54) is 19.2 Å². The summed E-state index contributed by atoms with van der Waals surface area (Å²) in [6.45, 7) is 5.10. The van der Waals surface area contributed by atoms with Gasteiger partial charge >= 0.3 is 18.1 Å². The number of esters is 2. The van der Waals surface area contributed by atoms with Crippen molar-refractivity contribution in [3.8, 4) is 0 Å². The number of rotatable bonds is 4. The van der Waals surface area contributed by atoms with Gasteiger partial charge in [0.25, 0.3) is 0 Å². The van der Waals surface area contributed by atoms with Gasteiger partial charge in [-0.1, -0.05) is 19.1 Å². The van der Waals surface area contributed by atoms with Crippen molar-refractivity contribution in [3.05, 3.63) is 57.9 Å². The van der Waals surface area contributed by atoms with Crippen LogP contribution in [0, 0.1) is 11.8 Å². The van der Waals surface area contributed by atoms with Gasteiger partial charge in [-0.2, -0.15) is 13.2 Å². The third-order valence-corrected chi connectivity index (χ3v) is 5.81. The molecule has 0 spiro atoms. The van der Waals surface area contributed by atoms with E-state index in [0.29, 0.717) is 23.4 Å². The number of benzene rings is 1. The number of alkyl halides is 3. The summed E-state index contributed by atoms with van der Waals surface area (Å²) in [5.74, 6) is -4.29. The third kappa shape index (κ3) is 4.16. The van der Waals surface area contributed by atoms with Crippen molar-refractivity contribution >= 4 is 17.7 Å². The third-order valence-electron chi connectivity index (χ3n) is 5.81. The van der Waals surface area contributed by atoms with Crippen LogP contribution in [0.2, 0.25) is 0 Å². The lowest BCUT2D eigenvalue weighted by molar-refractivity contribution is -0.151. The molecule has 1 N–H and O–H groups in total. The smallest absolute Gasteiger partial charge is 0.416 e. The summed E-state index contributed by atoms with van der Waals surface area (Å²) >= 11 is 0. The Hall–Kier alpha value is -3.10. The predicted molar refractivity (Wildman–Crippen MR) is 108 cm³/mol. The molecule has 0 aromatic heterocycles. The largest absolute Gasteiger partial charge is 0.468 e. The van der Waals surface area contributed by atoms with Crippen molar-refractivity contribution in [2.24, 2.45) is 11.8 Å². The van der Waals surface area contributed by atoms with Crippen molar-refractivity contribution in [2.75, 3.05) is 13.7 Å². The van der Waals surface area contributed by atoms with Crippen LogP contribution in [0.1, 0.15) is 44.2 Å². The Labute approximate surface area is 183 Å². The van der Waals surface area contributed by atoms with E-state index in [-0.39, 0.29) is 23.7 Å². The fourth-order valence-electron chi connectivity index (χ4n) is 4.36. The molecule has 3 rings (SSSR count). The topological polar surface area (TPSA) is 81.7 Å². The lowest BCUT2D eigenvalue weighted by Crippen LogP contribution is -2.43. The van der Waals surface area contributed by atoms with E-state index in [9.17, 15) is 27.6 Å². The number of nitrogens with one attached hydrogen (secondary N) is 1. The molecule has 0 fully saturated rings.